The number of rotatable bonds is 0. The lowest BCUT2D eigenvalue weighted by atomic mass is 9.83. The molecule has 3 aliphatic carbocycles. The highest BCUT2D eigenvalue weighted by Crippen LogP contribution is 2.38. The fourth-order valence-electron chi connectivity index (χ4n) is 6.44. The van der Waals surface area contributed by atoms with E-state index < -0.39 is 58.0 Å². The van der Waals surface area contributed by atoms with Crippen LogP contribution < -0.4 is 0 Å². The van der Waals surface area contributed by atoms with Crippen molar-refractivity contribution in [1.29, 1.82) is 0 Å². The van der Waals surface area contributed by atoms with Crippen LogP contribution in [0.4, 0.5) is 17.6 Å². The van der Waals surface area contributed by atoms with Crippen LogP contribution in [0.2, 0.25) is 0 Å². The number of Topliss-reactive ketones (excluding diaryl/α,β-unsaturated/α-hetero) is 6. The summed E-state index contributed by atoms with van der Waals surface area (Å²) in [5, 5.41) is 0. The van der Waals surface area contributed by atoms with E-state index in [1.54, 1.807) is 54.6 Å². The number of hydrogen-bond acceptors (Lipinski definition) is 6. The first-order chi connectivity index (χ1) is 25.0. The Morgan fingerprint density at radius 3 is 1.00 bits per heavy atom. The molecule has 0 fully saturated rings. The standard InChI is InChI=1S/C14H6F2O2.2C14H7FO2/c15-9-5-1-3-7-11(9)12-8(14(18)13(7)17)4-2-6-10(12)16;15-11-7-3-6-9-8-4-1-2-5-10(8)13(16)14(17)12(9)11;15-11-7-3-6-10-12(11)8-4-1-2-5-9(8)13(16)14(10)17/h1-6H;2*1-7H. The highest BCUT2D eigenvalue weighted by molar-refractivity contribution is 6.54. The molecule has 3 aliphatic rings. The van der Waals surface area contributed by atoms with Crippen molar-refractivity contribution >= 4 is 34.7 Å². The van der Waals surface area contributed by atoms with Crippen molar-refractivity contribution in [3.8, 4) is 33.4 Å². The van der Waals surface area contributed by atoms with Crippen molar-refractivity contribution in [3.63, 3.8) is 0 Å². The van der Waals surface area contributed by atoms with Gasteiger partial charge in [0.25, 0.3) is 0 Å². The SMILES string of the molecule is O=C1C(=O)c2c(F)cccc2-c2ccccc21.O=C1C(=O)c2cccc(F)c2-c2c(F)cccc21.O=C1C(=O)c2cccc(F)c2-c2ccccc21. The highest BCUT2D eigenvalue weighted by atomic mass is 19.1. The van der Waals surface area contributed by atoms with Gasteiger partial charge < -0.3 is 0 Å². The topological polar surface area (TPSA) is 102 Å². The van der Waals surface area contributed by atoms with Gasteiger partial charge in [0.05, 0.1) is 5.56 Å². The number of carbonyl (C=O) groups is 6. The van der Waals surface area contributed by atoms with Gasteiger partial charge in [-0.25, -0.2) is 17.6 Å². The molecule has 10 heteroatoms. The summed E-state index contributed by atoms with van der Waals surface area (Å²) < 4.78 is 55.0. The first kappa shape index (κ1) is 33.6. The van der Waals surface area contributed by atoms with Crippen molar-refractivity contribution in [1.82, 2.24) is 0 Å². The summed E-state index contributed by atoms with van der Waals surface area (Å²) in [6, 6.07) is 29.5. The van der Waals surface area contributed by atoms with E-state index >= 15 is 0 Å². The fraction of sp³-hybridized carbons (Fsp3) is 0. The summed E-state index contributed by atoms with van der Waals surface area (Å²) in [6.45, 7) is 0. The van der Waals surface area contributed by atoms with E-state index in [0.717, 1.165) is 12.1 Å². The zero-order chi connectivity index (χ0) is 36.8. The zero-order valence-electron chi connectivity index (χ0n) is 26.5. The molecule has 0 spiro atoms. The molecule has 9 rings (SSSR count). The monoisotopic (exact) mass is 696 g/mol. The van der Waals surface area contributed by atoms with E-state index in [9.17, 15) is 46.3 Å². The van der Waals surface area contributed by atoms with Gasteiger partial charge in [-0.15, -0.1) is 0 Å². The second kappa shape index (κ2) is 13.1. The van der Waals surface area contributed by atoms with E-state index in [0.29, 0.717) is 22.3 Å². The van der Waals surface area contributed by atoms with Crippen LogP contribution in [0.1, 0.15) is 62.1 Å². The Kier molecular flexibility index (Phi) is 8.43. The summed E-state index contributed by atoms with van der Waals surface area (Å²) in [5.74, 6) is -6.76. The van der Waals surface area contributed by atoms with Crippen molar-refractivity contribution in [2.24, 2.45) is 0 Å². The van der Waals surface area contributed by atoms with E-state index in [2.05, 4.69) is 0 Å². The number of halogens is 4. The van der Waals surface area contributed by atoms with Gasteiger partial charge in [0.2, 0.25) is 34.7 Å². The van der Waals surface area contributed by atoms with E-state index in [4.69, 9.17) is 0 Å². The third kappa shape index (κ3) is 5.37. The summed E-state index contributed by atoms with van der Waals surface area (Å²) in [4.78, 5) is 70.9. The number of ketones is 6. The Morgan fingerprint density at radius 2 is 0.519 bits per heavy atom. The van der Waals surface area contributed by atoms with E-state index in [1.165, 1.54) is 54.6 Å². The smallest absolute Gasteiger partial charge is 0.237 e. The van der Waals surface area contributed by atoms with Crippen LogP contribution in [0.3, 0.4) is 0 Å². The molecule has 0 radical (unpaired) electrons. The molecule has 6 nitrogen and oxygen atoms in total. The fourth-order valence-corrected chi connectivity index (χ4v) is 6.44. The lowest BCUT2D eigenvalue weighted by Gasteiger charge is -2.18. The van der Waals surface area contributed by atoms with Gasteiger partial charge in [-0.05, 0) is 41.0 Å². The number of carbonyl (C=O) groups excluding carboxylic acids is 6. The van der Waals surface area contributed by atoms with Gasteiger partial charge >= 0.3 is 0 Å². The Hall–Kier alpha value is -6.94. The molecule has 0 aliphatic heterocycles. The maximum absolute atomic E-state index is 13.8. The van der Waals surface area contributed by atoms with E-state index in [1.807, 2.05) is 0 Å². The average Bonchev–Trinajstić information content (AvgIpc) is 3.15. The molecule has 0 heterocycles. The van der Waals surface area contributed by atoms with Gasteiger partial charge in [-0.3, -0.25) is 28.8 Å². The number of benzene rings is 6. The molecule has 6 aromatic carbocycles. The Balaban J connectivity index is 0.000000121. The van der Waals surface area contributed by atoms with Crippen molar-refractivity contribution in [2.75, 3.05) is 0 Å². The van der Waals surface area contributed by atoms with Crippen LogP contribution in [0.15, 0.2) is 121 Å². The molecule has 6 aromatic rings. The van der Waals surface area contributed by atoms with Gasteiger partial charge in [0.15, 0.2) is 0 Å². The average molecular weight is 697 g/mol. The second-order valence-electron chi connectivity index (χ2n) is 11.7. The number of hydrogen-bond donors (Lipinski definition) is 0. The molecule has 52 heavy (non-hydrogen) atoms. The molecule has 0 aromatic heterocycles. The van der Waals surface area contributed by atoms with Crippen LogP contribution in [0, 0.1) is 23.3 Å². The van der Waals surface area contributed by atoms with Crippen LogP contribution in [-0.2, 0) is 0 Å². The zero-order valence-corrected chi connectivity index (χ0v) is 26.5. The molecule has 0 N–H and O–H groups in total. The molecular weight excluding hydrogens is 676 g/mol. The lowest BCUT2D eigenvalue weighted by molar-refractivity contribution is 0.0812. The summed E-state index contributed by atoms with van der Waals surface area (Å²) in [6.07, 6.45) is 0. The van der Waals surface area contributed by atoms with Gasteiger partial charge in [0.1, 0.15) is 23.3 Å². The predicted octanol–water partition coefficient (Wildman–Crippen LogP) is 8.75. The van der Waals surface area contributed by atoms with E-state index in [-0.39, 0.29) is 44.5 Å². The van der Waals surface area contributed by atoms with Crippen molar-refractivity contribution in [3.05, 3.63) is 178 Å². The van der Waals surface area contributed by atoms with Gasteiger partial charge in [-0.2, -0.15) is 0 Å². The van der Waals surface area contributed by atoms with Crippen LogP contribution in [0.25, 0.3) is 33.4 Å². The second-order valence-corrected chi connectivity index (χ2v) is 11.7. The van der Waals surface area contributed by atoms with Crippen LogP contribution >= 0.6 is 0 Å². The molecule has 0 amide bonds. The Morgan fingerprint density at radius 1 is 0.231 bits per heavy atom. The number of fused-ring (bicyclic) bond motifs is 9. The first-order valence-corrected chi connectivity index (χ1v) is 15.6. The minimum absolute atomic E-state index is 0.0856. The summed E-state index contributed by atoms with van der Waals surface area (Å²) in [7, 11) is 0. The van der Waals surface area contributed by atoms with Crippen molar-refractivity contribution < 1.29 is 46.3 Å². The quantitative estimate of drug-likeness (QED) is 0.116. The molecule has 0 atom stereocenters. The van der Waals surface area contributed by atoms with Gasteiger partial charge in [-0.1, -0.05) is 97.1 Å². The molecule has 0 unspecified atom stereocenters. The Bertz CT molecular complexity index is 2530. The predicted molar refractivity (Wildman–Crippen MR) is 181 cm³/mol. The highest BCUT2D eigenvalue weighted by Gasteiger charge is 2.35. The molecular formula is C42H20F4O6. The Labute approximate surface area is 292 Å². The maximum Gasteiger partial charge on any atom is 0.237 e. The first-order valence-electron chi connectivity index (χ1n) is 15.6. The minimum atomic E-state index is -0.803. The van der Waals surface area contributed by atoms with Crippen LogP contribution in [0.5, 0.6) is 0 Å². The molecule has 0 saturated heterocycles. The van der Waals surface area contributed by atoms with Gasteiger partial charge in [0, 0.05) is 44.5 Å². The minimum Gasteiger partial charge on any atom is -0.285 e. The largest absolute Gasteiger partial charge is 0.285 e. The van der Waals surface area contributed by atoms with Crippen molar-refractivity contribution in [2.45, 2.75) is 0 Å². The lowest BCUT2D eigenvalue weighted by Crippen LogP contribution is -2.22. The molecule has 252 valence electrons. The third-order valence-corrected chi connectivity index (χ3v) is 8.79. The summed E-state index contributed by atoms with van der Waals surface area (Å²) >= 11 is 0. The molecule has 0 bridgehead atoms. The summed E-state index contributed by atoms with van der Waals surface area (Å²) in [5.41, 5.74) is 2.05. The normalized spacial score (nSPS) is 13.2. The third-order valence-electron chi connectivity index (χ3n) is 8.79. The van der Waals surface area contributed by atoms with Crippen LogP contribution in [-0.4, -0.2) is 34.7 Å². The maximum atomic E-state index is 13.8. The molecule has 0 saturated carbocycles.